The smallest absolute Gasteiger partial charge is 0.244 e. The van der Waals surface area contributed by atoms with E-state index in [0.717, 1.165) is 58.9 Å². The van der Waals surface area contributed by atoms with E-state index in [1.165, 1.54) is 10.4 Å². The van der Waals surface area contributed by atoms with Crippen molar-refractivity contribution in [1.29, 1.82) is 0 Å². The molecule has 7 nitrogen and oxygen atoms in total. The van der Waals surface area contributed by atoms with Crippen LogP contribution in [0.25, 0.3) is 0 Å². The first-order chi connectivity index (χ1) is 12.8. The third-order valence-corrected chi connectivity index (χ3v) is 5.72. The molecular weight excluding hydrogens is 350 g/mol. The number of amides is 1. The molecule has 0 unspecified atom stereocenters. The number of hydrogen-bond donors (Lipinski definition) is 2. The Morgan fingerprint density at radius 1 is 1.31 bits per heavy atom. The van der Waals surface area contributed by atoms with E-state index in [1.807, 2.05) is 11.8 Å². The van der Waals surface area contributed by atoms with Crippen molar-refractivity contribution in [1.82, 2.24) is 20.4 Å². The molecule has 1 aromatic rings. The number of morpholine rings is 1. The quantitative estimate of drug-likeness (QED) is 0.557. The Bertz CT molecular complexity index is 612. The molecule has 144 valence electrons. The van der Waals surface area contributed by atoms with Crippen LogP contribution in [0, 0.1) is 0 Å². The van der Waals surface area contributed by atoms with Gasteiger partial charge in [0, 0.05) is 50.7 Å². The van der Waals surface area contributed by atoms with Crippen LogP contribution >= 0.6 is 11.3 Å². The molecule has 0 aromatic carbocycles. The number of carbonyl (C=O) groups excluding carboxylic acids is 1. The number of fused-ring (bicyclic) bond motifs is 1. The number of nitrogens with one attached hydrogen (secondary N) is 2. The van der Waals surface area contributed by atoms with Crippen LogP contribution < -0.4 is 10.6 Å². The van der Waals surface area contributed by atoms with Gasteiger partial charge < -0.3 is 20.3 Å². The Hall–Kier alpha value is -1.64. The van der Waals surface area contributed by atoms with Crippen LogP contribution in [0.2, 0.25) is 0 Å². The summed E-state index contributed by atoms with van der Waals surface area (Å²) >= 11 is 1.79. The maximum atomic E-state index is 12.5. The molecule has 0 aliphatic carbocycles. The highest BCUT2D eigenvalue weighted by atomic mass is 32.1. The topological polar surface area (TPSA) is 69.2 Å². The molecule has 26 heavy (non-hydrogen) atoms. The fraction of sp³-hybridized carbons (Fsp3) is 0.667. The maximum Gasteiger partial charge on any atom is 0.244 e. The molecule has 1 amide bonds. The van der Waals surface area contributed by atoms with Gasteiger partial charge in [-0.15, -0.1) is 11.3 Å². The minimum absolute atomic E-state index is 0.0900. The third kappa shape index (κ3) is 5.43. The minimum atomic E-state index is 0.0900. The van der Waals surface area contributed by atoms with Gasteiger partial charge in [0.2, 0.25) is 5.91 Å². The summed E-state index contributed by atoms with van der Waals surface area (Å²) in [4.78, 5) is 22.7. The number of rotatable bonds is 6. The summed E-state index contributed by atoms with van der Waals surface area (Å²) in [5.41, 5.74) is 1.29. The lowest BCUT2D eigenvalue weighted by Gasteiger charge is -2.27. The molecule has 0 bridgehead atoms. The molecule has 2 aliphatic rings. The molecule has 1 saturated heterocycles. The fourth-order valence-electron chi connectivity index (χ4n) is 3.21. The molecule has 1 fully saturated rings. The van der Waals surface area contributed by atoms with Gasteiger partial charge in [-0.1, -0.05) is 0 Å². The largest absolute Gasteiger partial charge is 0.379 e. The van der Waals surface area contributed by atoms with Crippen LogP contribution in [0.1, 0.15) is 17.4 Å². The summed E-state index contributed by atoms with van der Waals surface area (Å²) in [6.07, 6.45) is 0.959. The zero-order valence-corrected chi connectivity index (χ0v) is 16.3. The number of aliphatic imine (C=N–C) groups is 1. The summed E-state index contributed by atoms with van der Waals surface area (Å²) in [5.74, 6) is 0.801. The summed E-state index contributed by atoms with van der Waals surface area (Å²) < 4.78 is 5.37. The van der Waals surface area contributed by atoms with E-state index in [2.05, 4.69) is 32.0 Å². The number of ether oxygens (including phenoxy) is 1. The number of hydrogen-bond acceptors (Lipinski definition) is 5. The predicted molar refractivity (Wildman–Crippen MR) is 105 cm³/mol. The zero-order chi connectivity index (χ0) is 18.2. The number of nitrogens with zero attached hydrogens (tertiary/aromatic N) is 3. The molecule has 3 rings (SSSR count). The van der Waals surface area contributed by atoms with Crippen molar-refractivity contribution in [3.8, 4) is 0 Å². The standard InChI is InChI=1S/C18H29N5O2S/c1-2-19-18(20-5-7-22-8-10-25-11-9-22)21-13-17(24)23-6-3-16-15(14-23)4-12-26-16/h4,12H,2-3,5-11,13-14H2,1H3,(H2,19,20,21). The van der Waals surface area contributed by atoms with E-state index < -0.39 is 0 Å². The highest BCUT2D eigenvalue weighted by Crippen LogP contribution is 2.23. The van der Waals surface area contributed by atoms with E-state index in [1.54, 1.807) is 11.3 Å². The van der Waals surface area contributed by atoms with Crippen LogP contribution in [-0.2, 0) is 22.5 Å². The molecule has 0 saturated carbocycles. The van der Waals surface area contributed by atoms with Gasteiger partial charge in [-0.05, 0) is 30.4 Å². The van der Waals surface area contributed by atoms with Crippen molar-refractivity contribution in [3.63, 3.8) is 0 Å². The summed E-state index contributed by atoms with van der Waals surface area (Å²) in [5, 5.41) is 8.65. The highest BCUT2D eigenvalue weighted by molar-refractivity contribution is 7.10. The summed E-state index contributed by atoms with van der Waals surface area (Å²) in [7, 11) is 0. The first-order valence-corrected chi connectivity index (χ1v) is 10.3. The van der Waals surface area contributed by atoms with Gasteiger partial charge in [-0.3, -0.25) is 9.69 Å². The first-order valence-electron chi connectivity index (χ1n) is 9.41. The number of guanidine groups is 1. The fourth-order valence-corrected chi connectivity index (χ4v) is 4.10. The van der Waals surface area contributed by atoms with Crippen LogP contribution in [0.4, 0.5) is 0 Å². The molecule has 0 spiro atoms. The van der Waals surface area contributed by atoms with Crippen molar-refractivity contribution in [3.05, 3.63) is 21.9 Å². The van der Waals surface area contributed by atoms with Crippen molar-refractivity contribution in [2.24, 2.45) is 4.99 Å². The Kier molecular flexibility index (Phi) is 7.28. The molecular formula is C18H29N5O2S. The van der Waals surface area contributed by atoms with Crippen molar-refractivity contribution >= 4 is 23.2 Å². The van der Waals surface area contributed by atoms with Gasteiger partial charge in [0.05, 0.1) is 13.2 Å². The lowest BCUT2D eigenvalue weighted by molar-refractivity contribution is -0.130. The Balaban J connectivity index is 1.44. The second-order valence-corrected chi connectivity index (χ2v) is 7.51. The van der Waals surface area contributed by atoms with Gasteiger partial charge in [0.15, 0.2) is 5.96 Å². The van der Waals surface area contributed by atoms with E-state index in [9.17, 15) is 4.79 Å². The van der Waals surface area contributed by atoms with E-state index in [0.29, 0.717) is 12.5 Å². The Morgan fingerprint density at radius 2 is 2.15 bits per heavy atom. The molecule has 2 aliphatic heterocycles. The van der Waals surface area contributed by atoms with Crippen LogP contribution in [0.5, 0.6) is 0 Å². The highest BCUT2D eigenvalue weighted by Gasteiger charge is 2.21. The SMILES string of the molecule is CCNC(=NCC(=O)N1CCc2sccc2C1)NCCN1CCOCC1. The van der Waals surface area contributed by atoms with Gasteiger partial charge in [-0.25, -0.2) is 4.99 Å². The van der Waals surface area contributed by atoms with Crippen LogP contribution in [0.15, 0.2) is 16.4 Å². The summed E-state index contributed by atoms with van der Waals surface area (Å²) in [6, 6.07) is 2.12. The molecule has 2 N–H and O–H groups in total. The van der Waals surface area contributed by atoms with Crippen LogP contribution in [-0.4, -0.2) is 80.7 Å². The van der Waals surface area contributed by atoms with Gasteiger partial charge >= 0.3 is 0 Å². The molecule has 0 radical (unpaired) electrons. The molecule has 0 atom stereocenters. The Morgan fingerprint density at radius 3 is 2.96 bits per heavy atom. The van der Waals surface area contributed by atoms with Gasteiger partial charge in [-0.2, -0.15) is 0 Å². The normalized spacial score (nSPS) is 18.5. The van der Waals surface area contributed by atoms with Crippen molar-refractivity contribution in [2.75, 3.05) is 59.0 Å². The van der Waals surface area contributed by atoms with E-state index >= 15 is 0 Å². The van der Waals surface area contributed by atoms with E-state index in [4.69, 9.17) is 4.74 Å². The maximum absolute atomic E-state index is 12.5. The zero-order valence-electron chi connectivity index (χ0n) is 15.5. The first kappa shape index (κ1) is 19.1. The lowest BCUT2D eigenvalue weighted by Crippen LogP contribution is -2.45. The van der Waals surface area contributed by atoms with Gasteiger partial charge in [0.1, 0.15) is 6.54 Å². The average molecular weight is 380 g/mol. The van der Waals surface area contributed by atoms with Crippen molar-refractivity contribution < 1.29 is 9.53 Å². The minimum Gasteiger partial charge on any atom is -0.379 e. The monoisotopic (exact) mass is 379 g/mol. The molecule has 8 heteroatoms. The molecule has 1 aromatic heterocycles. The van der Waals surface area contributed by atoms with Crippen LogP contribution in [0.3, 0.4) is 0 Å². The average Bonchev–Trinajstić information content (AvgIpc) is 3.14. The number of carbonyl (C=O) groups is 1. The molecule has 3 heterocycles. The lowest BCUT2D eigenvalue weighted by atomic mass is 10.1. The number of thiophene rings is 1. The van der Waals surface area contributed by atoms with Gasteiger partial charge in [0.25, 0.3) is 0 Å². The summed E-state index contributed by atoms with van der Waals surface area (Å²) in [6.45, 7) is 9.85. The third-order valence-electron chi connectivity index (χ3n) is 4.70. The second-order valence-electron chi connectivity index (χ2n) is 6.51. The van der Waals surface area contributed by atoms with Crippen molar-refractivity contribution in [2.45, 2.75) is 19.9 Å². The Labute approximate surface area is 159 Å². The van der Waals surface area contributed by atoms with E-state index in [-0.39, 0.29) is 12.5 Å². The predicted octanol–water partition coefficient (Wildman–Crippen LogP) is 0.520. The second kappa shape index (κ2) is 9.89.